The number of rotatable bonds is 1. The van der Waals surface area contributed by atoms with Crippen LogP contribution in [0.15, 0.2) is 5.11 Å². The van der Waals surface area contributed by atoms with Crippen LogP contribution in [0.3, 0.4) is 0 Å². The lowest BCUT2D eigenvalue weighted by Crippen LogP contribution is -2.20. The number of azide groups is 1. The van der Waals surface area contributed by atoms with Gasteiger partial charge in [0.15, 0.2) is 0 Å². The first-order chi connectivity index (χ1) is 4.74. The molecule has 10 heavy (non-hydrogen) atoms. The number of hydrogen-bond acceptors (Lipinski definition) is 3. The summed E-state index contributed by atoms with van der Waals surface area (Å²) in [6.07, 6.45) is -0.485. The number of β-amino-alcohol motifs (C(OH)–C–C–N with tert-alkyl or cyclic N) is 1. The average Bonchev–Trinajstić information content (AvgIpc) is 2.13. The number of aliphatic hydroxyl groups is 1. The molecule has 0 aromatic heterocycles. The van der Waals surface area contributed by atoms with Crippen LogP contribution in [0, 0.1) is 0 Å². The third-order valence-corrected chi connectivity index (χ3v) is 1.64. The summed E-state index contributed by atoms with van der Waals surface area (Å²) in [5.74, 6) is 0. The summed E-state index contributed by atoms with van der Waals surface area (Å²) >= 11 is 0. The lowest BCUT2D eigenvalue weighted by molar-refractivity contribution is 0.169. The van der Waals surface area contributed by atoms with Crippen LogP contribution in [-0.4, -0.2) is 42.3 Å². The minimum absolute atomic E-state index is 0.255. The topological polar surface area (TPSA) is 72.2 Å². The Balaban J connectivity index is 2.54. The molecule has 2 atom stereocenters. The minimum Gasteiger partial charge on any atom is -0.391 e. The lowest BCUT2D eigenvalue weighted by Gasteiger charge is -2.02. The largest absolute Gasteiger partial charge is 0.391 e. The molecule has 0 aromatic rings. The van der Waals surface area contributed by atoms with Crippen molar-refractivity contribution in [1.29, 1.82) is 0 Å². The van der Waals surface area contributed by atoms with E-state index in [1.807, 2.05) is 11.9 Å². The van der Waals surface area contributed by atoms with Crippen LogP contribution in [0.4, 0.5) is 0 Å². The van der Waals surface area contributed by atoms with E-state index in [1.54, 1.807) is 0 Å². The summed E-state index contributed by atoms with van der Waals surface area (Å²) in [6.45, 7) is 1.26. The highest BCUT2D eigenvalue weighted by atomic mass is 16.3. The van der Waals surface area contributed by atoms with Crippen molar-refractivity contribution >= 4 is 0 Å². The van der Waals surface area contributed by atoms with Gasteiger partial charge in [-0.05, 0) is 12.6 Å². The van der Waals surface area contributed by atoms with E-state index in [-0.39, 0.29) is 6.04 Å². The third kappa shape index (κ3) is 1.39. The van der Waals surface area contributed by atoms with E-state index < -0.39 is 6.10 Å². The molecule has 1 rings (SSSR count). The summed E-state index contributed by atoms with van der Waals surface area (Å²) in [5.41, 5.74) is 8.06. The molecule has 1 heterocycles. The van der Waals surface area contributed by atoms with Gasteiger partial charge in [-0.25, -0.2) is 0 Å². The van der Waals surface area contributed by atoms with Crippen molar-refractivity contribution < 1.29 is 5.11 Å². The Morgan fingerprint density at radius 2 is 2.40 bits per heavy atom. The fraction of sp³-hybridized carbons (Fsp3) is 1.00. The van der Waals surface area contributed by atoms with Crippen LogP contribution in [0.2, 0.25) is 0 Å². The summed E-state index contributed by atoms with van der Waals surface area (Å²) in [7, 11) is 1.89. The molecule has 0 aromatic carbocycles. The van der Waals surface area contributed by atoms with Gasteiger partial charge < -0.3 is 10.0 Å². The molecule has 0 bridgehead atoms. The van der Waals surface area contributed by atoms with Gasteiger partial charge in [-0.3, -0.25) is 0 Å². The molecule has 0 radical (unpaired) electrons. The minimum atomic E-state index is -0.485. The average molecular weight is 142 g/mol. The molecule has 5 nitrogen and oxygen atoms in total. The molecule has 1 N–H and O–H groups in total. The number of likely N-dealkylation sites (N-methyl/N-ethyl adjacent to an activating group) is 1. The van der Waals surface area contributed by atoms with Gasteiger partial charge in [0.25, 0.3) is 0 Å². The molecular weight excluding hydrogens is 132 g/mol. The molecule has 0 amide bonds. The van der Waals surface area contributed by atoms with Crippen molar-refractivity contribution in [3.8, 4) is 0 Å². The summed E-state index contributed by atoms with van der Waals surface area (Å²) in [6, 6.07) is -0.255. The van der Waals surface area contributed by atoms with E-state index in [4.69, 9.17) is 5.53 Å². The van der Waals surface area contributed by atoms with Crippen LogP contribution in [0.5, 0.6) is 0 Å². The van der Waals surface area contributed by atoms with Gasteiger partial charge in [-0.2, -0.15) is 0 Å². The molecule has 1 aliphatic rings. The molecule has 5 heteroatoms. The zero-order valence-corrected chi connectivity index (χ0v) is 5.80. The Morgan fingerprint density at radius 1 is 1.70 bits per heavy atom. The standard InChI is InChI=1S/C5H10N4O/c1-9-2-4(7-8-6)5(10)3-9/h4-5,10H,2-3H2,1H3. The first kappa shape index (κ1) is 7.34. The van der Waals surface area contributed by atoms with Crippen LogP contribution in [0.25, 0.3) is 10.4 Å². The maximum Gasteiger partial charge on any atom is 0.0773 e. The number of nitrogens with zero attached hydrogens (tertiary/aromatic N) is 4. The van der Waals surface area contributed by atoms with Crippen molar-refractivity contribution in [2.75, 3.05) is 20.1 Å². The predicted molar refractivity (Wildman–Crippen MR) is 36.4 cm³/mol. The number of likely N-dealkylation sites (tertiary alicyclic amines) is 1. The molecule has 1 aliphatic heterocycles. The highest BCUT2D eigenvalue weighted by molar-refractivity contribution is 4.87. The van der Waals surface area contributed by atoms with Gasteiger partial charge in [0.1, 0.15) is 0 Å². The fourth-order valence-corrected chi connectivity index (χ4v) is 1.14. The first-order valence-electron chi connectivity index (χ1n) is 3.15. The van der Waals surface area contributed by atoms with E-state index in [0.29, 0.717) is 13.1 Å². The Hall–Kier alpha value is -0.770. The van der Waals surface area contributed by atoms with Crippen LogP contribution >= 0.6 is 0 Å². The second kappa shape index (κ2) is 2.88. The molecule has 0 saturated carbocycles. The van der Waals surface area contributed by atoms with Crippen molar-refractivity contribution in [2.45, 2.75) is 12.1 Å². The van der Waals surface area contributed by atoms with Crippen molar-refractivity contribution in [1.82, 2.24) is 4.90 Å². The van der Waals surface area contributed by atoms with Gasteiger partial charge in [-0.1, -0.05) is 5.11 Å². The lowest BCUT2D eigenvalue weighted by atomic mass is 10.2. The van der Waals surface area contributed by atoms with Crippen molar-refractivity contribution in [3.63, 3.8) is 0 Å². The summed E-state index contributed by atoms with van der Waals surface area (Å²) < 4.78 is 0. The summed E-state index contributed by atoms with van der Waals surface area (Å²) in [5, 5.41) is 12.6. The van der Waals surface area contributed by atoms with E-state index >= 15 is 0 Å². The fourth-order valence-electron chi connectivity index (χ4n) is 1.14. The highest BCUT2D eigenvalue weighted by Crippen LogP contribution is 2.10. The normalized spacial score (nSPS) is 33.8. The van der Waals surface area contributed by atoms with Crippen LogP contribution in [-0.2, 0) is 0 Å². The SMILES string of the molecule is CN1CC(O)C(N=[N+]=[N-])C1. The van der Waals surface area contributed by atoms with Crippen LogP contribution in [0.1, 0.15) is 0 Å². The Bertz CT molecular complexity index is 165. The molecule has 2 unspecified atom stereocenters. The number of aliphatic hydroxyl groups excluding tert-OH is 1. The van der Waals surface area contributed by atoms with E-state index in [1.165, 1.54) is 0 Å². The van der Waals surface area contributed by atoms with Gasteiger partial charge in [0.05, 0.1) is 12.1 Å². The maximum atomic E-state index is 9.18. The molecule has 0 spiro atoms. The van der Waals surface area contributed by atoms with E-state index in [0.717, 1.165) is 0 Å². The second-order valence-electron chi connectivity index (χ2n) is 2.56. The van der Waals surface area contributed by atoms with E-state index in [9.17, 15) is 5.11 Å². The molecule has 1 saturated heterocycles. The monoisotopic (exact) mass is 142 g/mol. The second-order valence-corrected chi connectivity index (χ2v) is 2.56. The first-order valence-corrected chi connectivity index (χ1v) is 3.15. The Morgan fingerprint density at radius 3 is 2.80 bits per heavy atom. The number of hydrogen-bond donors (Lipinski definition) is 1. The van der Waals surface area contributed by atoms with E-state index in [2.05, 4.69) is 10.0 Å². The Kier molecular flexibility index (Phi) is 2.11. The zero-order valence-electron chi connectivity index (χ0n) is 5.80. The third-order valence-electron chi connectivity index (χ3n) is 1.64. The van der Waals surface area contributed by atoms with Crippen molar-refractivity contribution in [3.05, 3.63) is 10.4 Å². The van der Waals surface area contributed by atoms with Gasteiger partial charge >= 0.3 is 0 Å². The predicted octanol–water partition coefficient (Wildman–Crippen LogP) is -0.0284. The van der Waals surface area contributed by atoms with Gasteiger partial charge in [-0.15, -0.1) is 0 Å². The Labute approximate surface area is 58.9 Å². The van der Waals surface area contributed by atoms with Gasteiger partial charge in [0.2, 0.25) is 0 Å². The van der Waals surface area contributed by atoms with Crippen molar-refractivity contribution in [2.24, 2.45) is 5.11 Å². The van der Waals surface area contributed by atoms with Crippen LogP contribution < -0.4 is 0 Å². The smallest absolute Gasteiger partial charge is 0.0773 e. The summed E-state index contributed by atoms with van der Waals surface area (Å²) in [4.78, 5) is 4.58. The maximum absolute atomic E-state index is 9.18. The highest BCUT2D eigenvalue weighted by Gasteiger charge is 2.27. The molecule has 1 fully saturated rings. The molecule has 0 aliphatic carbocycles. The quantitative estimate of drug-likeness (QED) is 0.317. The zero-order chi connectivity index (χ0) is 7.56. The molecular formula is C5H10N4O. The van der Waals surface area contributed by atoms with Gasteiger partial charge in [0, 0.05) is 18.0 Å². The molecule has 56 valence electrons.